The fourth-order valence-electron chi connectivity index (χ4n) is 1.80. The van der Waals surface area contributed by atoms with E-state index < -0.39 is 0 Å². The first kappa shape index (κ1) is 14.5. The molecule has 0 aromatic heterocycles. The molecule has 0 aliphatic rings. The first-order chi connectivity index (χ1) is 8.58. The molecule has 0 unspecified atom stereocenters. The number of hydrogen-bond acceptors (Lipinski definition) is 2. The summed E-state index contributed by atoms with van der Waals surface area (Å²) in [5.74, 6) is -0.434. The lowest BCUT2D eigenvalue weighted by Gasteiger charge is -2.16. The molecule has 1 rings (SSSR count). The van der Waals surface area contributed by atoms with Crippen LogP contribution in [0.4, 0.5) is 10.1 Å². The van der Waals surface area contributed by atoms with Crippen molar-refractivity contribution in [3.05, 3.63) is 29.6 Å². The molecule has 0 saturated carbocycles. The molecule has 3 nitrogen and oxygen atoms in total. The van der Waals surface area contributed by atoms with E-state index in [2.05, 4.69) is 10.6 Å². The van der Waals surface area contributed by atoms with Crippen LogP contribution in [0, 0.1) is 12.7 Å². The van der Waals surface area contributed by atoms with Gasteiger partial charge in [-0.25, -0.2) is 4.39 Å². The summed E-state index contributed by atoms with van der Waals surface area (Å²) < 4.78 is 13.5. The molecular weight excluding hydrogens is 231 g/mol. The molecule has 1 amide bonds. The van der Waals surface area contributed by atoms with Crippen LogP contribution < -0.4 is 10.6 Å². The van der Waals surface area contributed by atoms with Crippen LogP contribution in [0.15, 0.2) is 18.2 Å². The zero-order chi connectivity index (χ0) is 13.5. The van der Waals surface area contributed by atoms with Crippen molar-refractivity contribution in [2.24, 2.45) is 0 Å². The van der Waals surface area contributed by atoms with E-state index in [0.717, 1.165) is 18.4 Å². The van der Waals surface area contributed by atoms with E-state index in [9.17, 15) is 9.18 Å². The topological polar surface area (TPSA) is 41.1 Å². The average Bonchev–Trinajstić information content (AvgIpc) is 2.35. The van der Waals surface area contributed by atoms with Gasteiger partial charge in [0, 0.05) is 6.04 Å². The molecule has 1 aromatic carbocycles. The molecule has 0 radical (unpaired) electrons. The van der Waals surface area contributed by atoms with Gasteiger partial charge >= 0.3 is 0 Å². The Morgan fingerprint density at radius 3 is 2.56 bits per heavy atom. The maximum Gasteiger partial charge on any atom is 0.239 e. The fourth-order valence-corrected chi connectivity index (χ4v) is 1.80. The predicted octanol–water partition coefficient (Wildman–Crippen LogP) is 2.85. The number of halogens is 1. The van der Waals surface area contributed by atoms with E-state index >= 15 is 0 Å². The molecular formula is C14H21FN2O. The SMILES string of the molecule is CCC(CC)NC(=O)CNc1c(C)cccc1F. The summed E-state index contributed by atoms with van der Waals surface area (Å²) in [5.41, 5.74) is 1.20. The highest BCUT2D eigenvalue weighted by atomic mass is 19.1. The maximum absolute atomic E-state index is 13.5. The number of benzene rings is 1. The van der Waals surface area contributed by atoms with Crippen molar-refractivity contribution >= 4 is 11.6 Å². The van der Waals surface area contributed by atoms with E-state index in [1.807, 2.05) is 26.8 Å². The Labute approximate surface area is 108 Å². The number of rotatable bonds is 6. The van der Waals surface area contributed by atoms with Crippen LogP contribution in [0.1, 0.15) is 32.3 Å². The number of hydrogen-bond donors (Lipinski definition) is 2. The van der Waals surface area contributed by atoms with Crippen LogP contribution in [0.25, 0.3) is 0 Å². The minimum atomic E-state index is -0.328. The Bertz CT molecular complexity index is 383. The fraction of sp³-hybridized carbons (Fsp3) is 0.500. The van der Waals surface area contributed by atoms with Crippen molar-refractivity contribution in [2.45, 2.75) is 39.7 Å². The van der Waals surface area contributed by atoms with E-state index in [1.165, 1.54) is 6.07 Å². The monoisotopic (exact) mass is 252 g/mol. The summed E-state index contributed by atoms with van der Waals surface area (Å²) in [6.45, 7) is 5.97. The van der Waals surface area contributed by atoms with Crippen molar-refractivity contribution in [1.82, 2.24) is 5.32 Å². The third-order valence-corrected chi connectivity index (χ3v) is 3.00. The summed E-state index contributed by atoms with van der Waals surface area (Å²) in [5, 5.41) is 5.75. The number of carbonyl (C=O) groups is 1. The summed E-state index contributed by atoms with van der Waals surface area (Å²) in [4.78, 5) is 11.7. The van der Waals surface area contributed by atoms with Crippen molar-refractivity contribution in [3.63, 3.8) is 0 Å². The number of anilines is 1. The summed E-state index contributed by atoms with van der Waals surface area (Å²) in [6, 6.07) is 5.04. The zero-order valence-electron chi connectivity index (χ0n) is 11.2. The molecule has 0 atom stereocenters. The van der Waals surface area contributed by atoms with Crippen molar-refractivity contribution in [3.8, 4) is 0 Å². The second-order valence-electron chi connectivity index (χ2n) is 4.37. The smallest absolute Gasteiger partial charge is 0.239 e. The Hall–Kier alpha value is -1.58. The highest BCUT2D eigenvalue weighted by Crippen LogP contribution is 2.18. The molecule has 0 bridgehead atoms. The third-order valence-electron chi connectivity index (χ3n) is 3.00. The second-order valence-corrected chi connectivity index (χ2v) is 4.37. The van der Waals surface area contributed by atoms with Crippen LogP contribution in [-0.2, 0) is 4.79 Å². The summed E-state index contributed by atoms with van der Waals surface area (Å²) in [6.07, 6.45) is 1.81. The van der Waals surface area contributed by atoms with Gasteiger partial charge in [-0.3, -0.25) is 4.79 Å². The number of nitrogens with one attached hydrogen (secondary N) is 2. The van der Waals surface area contributed by atoms with Gasteiger partial charge in [0.25, 0.3) is 0 Å². The Kier molecular flexibility index (Phi) is 5.62. The number of amides is 1. The molecule has 0 aliphatic heterocycles. The maximum atomic E-state index is 13.5. The zero-order valence-corrected chi connectivity index (χ0v) is 11.2. The largest absolute Gasteiger partial charge is 0.374 e. The van der Waals surface area contributed by atoms with Crippen molar-refractivity contribution in [1.29, 1.82) is 0 Å². The van der Waals surface area contributed by atoms with Gasteiger partial charge in [0.05, 0.1) is 12.2 Å². The minimum Gasteiger partial charge on any atom is -0.374 e. The van der Waals surface area contributed by atoms with E-state index in [0.29, 0.717) is 5.69 Å². The van der Waals surface area contributed by atoms with Gasteiger partial charge < -0.3 is 10.6 Å². The van der Waals surface area contributed by atoms with Crippen molar-refractivity contribution in [2.75, 3.05) is 11.9 Å². The van der Waals surface area contributed by atoms with Crippen LogP contribution >= 0.6 is 0 Å². The lowest BCUT2D eigenvalue weighted by atomic mass is 10.1. The first-order valence-electron chi connectivity index (χ1n) is 6.36. The van der Waals surface area contributed by atoms with Crippen LogP contribution in [0.5, 0.6) is 0 Å². The van der Waals surface area contributed by atoms with E-state index in [1.54, 1.807) is 6.07 Å². The Morgan fingerprint density at radius 2 is 2.00 bits per heavy atom. The van der Waals surface area contributed by atoms with Gasteiger partial charge in [-0.2, -0.15) is 0 Å². The molecule has 4 heteroatoms. The highest BCUT2D eigenvalue weighted by molar-refractivity contribution is 5.81. The van der Waals surface area contributed by atoms with Crippen LogP contribution in [0.3, 0.4) is 0 Å². The molecule has 18 heavy (non-hydrogen) atoms. The summed E-state index contributed by atoms with van der Waals surface area (Å²) >= 11 is 0. The number of carbonyl (C=O) groups excluding carboxylic acids is 1. The Balaban J connectivity index is 2.52. The van der Waals surface area contributed by atoms with Gasteiger partial charge in [-0.15, -0.1) is 0 Å². The third kappa shape index (κ3) is 4.02. The predicted molar refractivity (Wildman–Crippen MR) is 72.1 cm³/mol. The molecule has 0 spiro atoms. The van der Waals surface area contributed by atoms with Crippen molar-refractivity contribution < 1.29 is 9.18 Å². The number of para-hydroxylation sites is 1. The molecule has 0 heterocycles. The van der Waals surface area contributed by atoms with Gasteiger partial charge in [0.15, 0.2) is 0 Å². The molecule has 0 aliphatic carbocycles. The summed E-state index contributed by atoms with van der Waals surface area (Å²) in [7, 11) is 0. The lowest BCUT2D eigenvalue weighted by molar-refractivity contribution is -0.120. The molecule has 0 saturated heterocycles. The van der Waals surface area contributed by atoms with Gasteiger partial charge in [-0.05, 0) is 31.4 Å². The van der Waals surface area contributed by atoms with E-state index in [4.69, 9.17) is 0 Å². The number of aryl methyl sites for hydroxylation is 1. The Morgan fingerprint density at radius 1 is 1.33 bits per heavy atom. The van der Waals surface area contributed by atoms with Gasteiger partial charge in [-0.1, -0.05) is 26.0 Å². The first-order valence-corrected chi connectivity index (χ1v) is 6.36. The minimum absolute atomic E-state index is 0.0955. The normalized spacial score (nSPS) is 10.5. The standard InChI is InChI=1S/C14H21FN2O/c1-4-11(5-2)17-13(18)9-16-14-10(3)7-6-8-12(14)15/h6-8,11,16H,4-5,9H2,1-3H3,(H,17,18). The molecule has 0 fully saturated rings. The average molecular weight is 252 g/mol. The second kappa shape index (κ2) is 6.99. The van der Waals surface area contributed by atoms with E-state index in [-0.39, 0.29) is 24.3 Å². The van der Waals surface area contributed by atoms with Crippen LogP contribution in [0.2, 0.25) is 0 Å². The quantitative estimate of drug-likeness (QED) is 0.817. The molecule has 1 aromatic rings. The van der Waals surface area contributed by atoms with Gasteiger partial charge in [0.1, 0.15) is 5.82 Å². The highest BCUT2D eigenvalue weighted by Gasteiger charge is 2.10. The molecule has 100 valence electrons. The molecule has 2 N–H and O–H groups in total. The van der Waals surface area contributed by atoms with Crippen LogP contribution in [-0.4, -0.2) is 18.5 Å². The van der Waals surface area contributed by atoms with Gasteiger partial charge in [0.2, 0.25) is 5.91 Å². The lowest BCUT2D eigenvalue weighted by Crippen LogP contribution is -2.37.